The van der Waals surface area contributed by atoms with E-state index >= 15 is 0 Å². The maximum atomic E-state index is 9.00. The van der Waals surface area contributed by atoms with Crippen molar-refractivity contribution in [1.29, 1.82) is 10.7 Å². The lowest BCUT2D eigenvalue weighted by Crippen LogP contribution is -2.20. The summed E-state index contributed by atoms with van der Waals surface area (Å²) in [4.78, 5) is 9.00. The van der Waals surface area contributed by atoms with Gasteiger partial charge < -0.3 is 16.6 Å². The number of guanidine groups is 1. The lowest BCUT2D eigenvalue weighted by molar-refractivity contribution is -0.134. The Hall–Kier alpha value is -1.77. The Labute approximate surface area is 58.6 Å². The minimum absolute atomic E-state index is 0.333. The van der Waals surface area contributed by atoms with Crippen molar-refractivity contribution in [3.05, 3.63) is 0 Å². The van der Waals surface area contributed by atoms with Crippen molar-refractivity contribution < 1.29 is 9.90 Å². The highest BCUT2D eigenvalue weighted by molar-refractivity contribution is 5.71. The molecule has 6 heteroatoms. The summed E-state index contributed by atoms with van der Waals surface area (Å²) in [6.07, 6.45) is 0. The third-order valence-electron chi connectivity index (χ3n) is 0. The number of carboxylic acid groups (broad SMARTS) is 1. The van der Waals surface area contributed by atoms with Gasteiger partial charge in [-0.1, -0.05) is 0 Å². The molecule has 0 radical (unpaired) electrons. The molecule has 0 unspecified atom stereocenters. The number of carboxylic acids is 1. The summed E-state index contributed by atoms with van der Waals surface area (Å²) in [5.74, 6) is -1.17. The van der Waals surface area contributed by atoms with E-state index in [9.17, 15) is 0 Å². The second kappa shape index (κ2) is 15.7. The van der Waals surface area contributed by atoms with Gasteiger partial charge >= 0.3 is 0 Å². The van der Waals surface area contributed by atoms with Gasteiger partial charge in [0.25, 0.3) is 5.97 Å². The number of nitrogens with zero attached hydrogens (tertiary/aromatic N) is 1. The highest BCUT2D eigenvalue weighted by atomic mass is 16.4. The molecule has 0 aliphatic rings. The van der Waals surface area contributed by atoms with Crippen LogP contribution in [0.3, 0.4) is 0 Å². The molecule has 0 aliphatic carbocycles. The number of hydrogen-bond donors (Lipinski definition) is 4. The zero-order chi connectivity index (χ0) is 9.15. The summed E-state index contributed by atoms with van der Waals surface area (Å²) in [7, 11) is 0. The summed E-state index contributed by atoms with van der Waals surface area (Å²) in [5, 5.41) is 20.0. The number of carbonyl (C=O) groups is 1. The van der Waals surface area contributed by atoms with Crippen molar-refractivity contribution in [2.75, 3.05) is 0 Å². The van der Waals surface area contributed by atoms with Crippen molar-refractivity contribution in [1.82, 2.24) is 0 Å². The van der Waals surface area contributed by atoms with Gasteiger partial charge in [0.05, 0.1) is 0 Å². The first-order valence-electron chi connectivity index (χ1n) is 2.01. The van der Waals surface area contributed by atoms with Crippen LogP contribution in [-0.4, -0.2) is 17.0 Å². The first kappa shape index (κ1) is 15.7. The second-order valence-electron chi connectivity index (χ2n) is 0.974. The number of nitrogens with two attached hydrogens (primary N) is 2. The van der Waals surface area contributed by atoms with E-state index in [0.29, 0.717) is 0 Å². The number of aliphatic carboxylic acids is 1. The molecule has 0 aromatic carbocycles. The van der Waals surface area contributed by atoms with Gasteiger partial charge in [0.2, 0.25) is 0 Å². The van der Waals surface area contributed by atoms with Gasteiger partial charge in [0, 0.05) is 13.5 Å². The summed E-state index contributed by atoms with van der Waals surface area (Å²) < 4.78 is 0. The van der Waals surface area contributed by atoms with Crippen LogP contribution in [0.15, 0.2) is 0 Å². The molecule has 10 heavy (non-hydrogen) atoms. The Kier molecular flexibility index (Phi) is 24.7. The highest BCUT2D eigenvalue weighted by Gasteiger charge is 1.65. The monoisotopic (exact) mass is 146 g/mol. The van der Waals surface area contributed by atoms with E-state index in [1.165, 1.54) is 0 Å². The van der Waals surface area contributed by atoms with Gasteiger partial charge in [-0.25, -0.2) is 5.26 Å². The third kappa shape index (κ3) is 54.4. The topological polar surface area (TPSA) is 137 Å². The van der Waals surface area contributed by atoms with Gasteiger partial charge in [-0.2, -0.15) is 0 Å². The van der Waals surface area contributed by atoms with Crippen molar-refractivity contribution in [2.24, 2.45) is 11.5 Å². The van der Waals surface area contributed by atoms with E-state index in [4.69, 9.17) is 20.6 Å². The highest BCUT2D eigenvalue weighted by Crippen LogP contribution is 1.42. The zero-order valence-electron chi connectivity index (χ0n) is 5.53. The van der Waals surface area contributed by atoms with E-state index in [1.54, 1.807) is 0 Å². The molecule has 0 aromatic rings. The van der Waals surface area contributed by atoms with Crippen LogP contribution in [-0.2, 0) is 4.79 Å². The summed E-state index contributed by atoms with van der Waals surface area (Å²) in [6.45, 7) is 4.58. The Morgan fingerprint density at radius 1 is 1.60 bits per heavy atom. The van der Waals surface area contributed by atoms with Crippen LogP contribution in [0.5, 0.6) is 0 Å². The van der Waals surface area contributed by atoms with Gasteiger partial charge in [-0.05, 0) is 0 Å². The fourth-order valence-corrected chi connectivity index (χ4v) is 0. The Morgan fingerprint density at radius 2 is 1.60 bits per heavy atom. The van der Waals surface area contributed by atoms with E-state index in [1.807, 2.05) is 0 Å². The standard InChI is InChI=1S/C2H4O2.CH5N3.CHN/c1-2(3)4;2-1(3)4;1-2/h1H3,(H,3,4);(H5,2,3,4);1H. The minimum atomic E-state index is -0.833. The smallest absolute Gasteiger partial charge is 0.300 e. The molecule has 0 spiro atoms. The van der Waals surface area contributed by atoms with Crippen LogP contribution in [0.1, 0.15) is 6.92 Å². The number of rotatable bonds is 0. The lowest BCUT2D eigenvalue weighted by atomic mass is 10.9. The van der Waals surface area contributed by atoms with Crippen LogP contribution in [0.4, 0.5) is 0 Å². The van der Waals surface area contributed by atoms with Gasteiger partial charge in [-0.3, -0.25) is 10.2 Å². The van der Waals surface area contributed by atoms with Crippen molar-refractivity contribution in [2.45, 2.75) is 6.92 Å². The van der Waals surface area contributed by atoms with Crippen LogP contribution in [0.2, 0.25) is 0 Å². The molecule has 0 atom stereocenters. The molecule has 0 rings (SSSR count). The fraction of sp³-hybridized carbons (Fsp3) is 0.250. The summed E-state index contributed by atoms with van der Waals surface area (Å²) >= 11 is 0. The van der Waals surface area contributed by atoms with Crippen LogP contribution in [0.25, 0.3) is 0 Å². The SMILES string of the molecule is C#N.CC(=O)O.N=C(N)N. The largest absolute Gasteiger partial charge is 0.481 e. The lowest BCUT2D eigenvalue weighted by Gasteiger charge is -1.69. The molecule has 6 N–H and O–H groups in total. The minimum Gasteiger partial charge on any atom is -0.481 e. The Morgan fingerprint density at radius 3 is 1.60 bits per heavy atom. The Bertz CT molecular complexity index is 99.7. The molecule has 0 aliphatic heterocycles. The maximum absolute atomic E-state index is 9.00. The predicted octanol–water partition coefficient (Wildman–Crippen LogP) is -0.931. The van der Waals surface area contributed by atoms with E-state index in [-0.39, 0.29) is 5.96 Å². The number of nitriles is 1. The number of hydrogen-bond acceptors (Lipinski definition) is 3. The molecule has 6 nitrogen and oxygen atoms in total. The molecule has 0 saturated heterocycles. The summed E-state index contributed by atoms with van der Waals surface area (Å²) in [6, 6.07) is 0. The van der Waals surface area contributed by atoms with Gasteiger partial charge in [0.1, 0.15) is 0 Å². The normalized spacial score (nSPS) is 5.10. The molecule has 0 bridgehead atoms. The van der Waals surface area contributed by atoms with Crippen LogP contribution in [0, 0.1) is 17.2 Å². The molecule has 0 saturated carbocycles. The first-order valence-corrected chi connectivity index (χ1v) is 2.01. The molecule has 58 valence electrons. The first-order chi connectivity index (χ1) is 4.46. The molecular weight excluding hydrogens is 136 g/mol. The summed E-state index contributed by atoms with van der Waals surface area (Å²) in [5.41, 5.74) is 8.94. The van der Waals surface area contributed by atoms with Gasteiger partial charge in [0.15, 0.2) is 5.96 Å². The van der Waals surface area contributed by atoms with E-state index in [2.05, 4.69) is 18.0 Å². The van der Waals surface area contributed by atoms with Gasteiger partial charge in [-0.15, -0.1) is 0 Å². The fourth-order valence-electron chi connectivity index (χ4n) is 0. The van der Waals surface area contributed by atoms with Crippen LogP contribution < -0.4 is 11.5 Å². The third-order valence-corrected chi connectivity index (χ3v) is 0. The van der Waals surface area contributed by atoms with Crippen molar-refractivity contribution >= 4 is 11.9 Å². The van der Waals surface area contributed by atoms with Crippen molar-refractivity contribution in [3.63, 3.8) is 0 Å². The maximum Gasteiger partial charge on any atom is 0.300 e. The molecule has 0 aromatic heterocycles. The zero-order valence-corrected chi connectivity index (χ0v) is 5.53. The van der Waals surface area contributed by atoms with E-state index < -0.39 is 5.97 Å². The average molecular weight is 146 g/mol. The molecule has 0 amide bonds. The van der Waals surface area contributed by atoms with Crippen LogP contribution >= 0.6 is 0 Å². The molecule has 0 heterocycles. The molecule has 0 fully saturated rings. The second-order valence-corrected chi connectivity index (χ2v) is 0.974. The van der Waals surface area contributed by atoms with E-state index in [0.717, 1.165) is 6.92 Å². The average Bonchev–Trinajstić information content (AvgIpc) is 1.66. The quantitative estimate of drug-likeness (QED) is 0.258. The van der Waals surface area contributed by atoms with Crippen molar-refractivity contribution in [3.8, 4) is 6.57 Å². The molecular formula is C4H10N4O2. The Balaban J connectivity index is -0.0000000787. The predicted molar refractivity (Wildman–Crippen MR) is 36.1 cm³/mol. The number of nitrogens with one attached hydrogen (secondary N) is 1.